The lowest BCUT2D eigenvalue weighted by Crippen LogP contribution is -2.02. The average molecular weight is 306 g/mol. The summed E-state index contributed by atoms with van der Waals surface area (Å²) in [6.45, 7) is 0.528. The molecule has 1 heterocycles. The van der Waals surface area contributed by atoms with Crippen molar-refractivity contribution in [1.82, 2.24) is 10.1 Å². The number of hydrogen-bond donors (Lipinski definition) is 1. The van der Waals surface area contributed by atoms with Crippen LogP contribution in [0.4, 0.5) is 5.69 Å². The zero-order valence-corrected chi connectivity index (χ0v) is 12.8. The molecule has 0 aliphatic heterocycles. The van der Waals surface area contributed by atoms with Gasteiger partial charge in [0, 0.05) is 16.6 Å². The summed E-state index contributed by atoms with van der Waals surface area (Å²) in [6.07, 6.45) is 7.57. The third-order valence-corrected chi connectivity index (χ3v) is 4.21. The molecule has 1 aliphatic carbocycles. The average Bonchev–Trinajstić information content (AvgIpc) is 2.79. The van der Waals surface area contributed by atoms with Gasteiger partial charge >= 0.3 is 0 Å². The Hall–Kier alpha value is -1.55. The Morgan fingerprint density at radius 1 is 1.19 bits per heavy atom. The minimum atomic E-state index is 0.469. The Morgan fingerprint density at radius 2 is 2.00 bits per heavy atom. The number of aromatic nitrogens is 2. The molecule has 0 unspecified atom stereocenters. The molecule has 21 heavy (non-hydrogen) atoms. The standard InChI is InChI=1S/C16H20ClN3O/c17-13-8-5-9-14(10-13)18-11-15-19-16(20-21-15)12-6-3-1-2-4-7-12/h5,8-10,12,18H,1-4,6-7,11H2. The molecule has 2 aromatic rings. The second-order valence-corrected chi connectivity index (χ2v) is 6.04. The molecule has 1 N–H and O–H groups in total. The smallest absolute Gasteiger partial charge is 0.245 e. The SMILES string of the molecule is Clc1cccc(NCc2nc(C3CCCCCC3)no2)c1. The molecule has 0 atom stereocenters. The van der Waals surface area contributed by atoms with Crippen LogP contribution in [0.1, 0.15) is 56.2 Å². The largest absolute Gasteiger partial charge is 0.376 e. The van der Waals surface area contributed by atoms with Gasteiger partial charge in [-0.05, 0) is 31.0 Å². The van der Waals surface area contributed by atoms with Crippen molar-refractivity contribution in [2.24, 2.45) is 0 Å². The number of nitrogens with zero attached hydrogens (tertiary/aromatic N) is 2. The van der Waals surface area contributed by atoms with E-state index >= 15 is 0 Å². The zero-order valence-electron chi connectivity index (χ0n) is 12.0. The van der Waals surface area contributed by atoms with Gasteiger partial charge in [0.25, 0.3) is 0 Å². The zero-order chi connectivity index (χ0) is 14.5. The number of halogens is 1. The second-order valence-electron chi connectivity index (χ2n) is 5.60. The van der Waals surface area contributed by atoms with E-state index in [0.29, 0.717) is 23.4 Å². The molecule has 1 aromatic carbocycles. The molecule has 1 saturated carbocycles. The topological polar surface area (TPSA) is 51.0 Å². The number of hydrogen-bond acceptors (Lipinski definition) is 4. The Kier molecular flexibility index (Phi) is 4.76. The summed E-state index contributed by atoms with van der Waals surface area (Å²) in [4.78, 5) is 4.54. The van der Waals surface area contributed by atoms with E-state index in [1.165, 1.54) is 38.5 Å². The lowest BCUT2D eigenvalue weighted by atomic mass is 10.00. The summed E-state index contributed by atoms with van der Waals surface area (Å²) in [5.74, 6) is 1.98. The van der Waals surface area contributed by atoms with E-state index in [1.54, 1.807) is 0 Å². The van der Waals surface area contributed by atoms with Crippen LogP contribution in [-0.4, -0.2) is 10.1 Å². The van der Waals surface area contributed by atoms with Crippen LogP contribution in [0.2, 0.25) is 5.02 Å². The molecule has 5 heteroatoms. The van der Waals surface area contributed by atoms with Crippen LogP contribution < -0.4 is 5.32 Å². The number of anilines is 1. The van der Waals surface area contributed by atoms with E-state index in [0.717, 1.165) is 11.5 Å². The fourth-order valence-corrected chi connectivity index (χ4v) is 3.01. The highest BCUT2D eigenvalue weighted by Crippen LogP contribution is 2.29. The molecule has 0 amide bonds. The van der Waals surface area contributed by atoms with E-state index < -0.39 is 0 Å². The van der Waals surface area contributed by atoms with Gasteiger partial charge in [-0.1, -0.05) is 48.5 Å². The Balaban J connectivity index is 1.59. The maximum atomic E-state index is 5.96. The molecule has 1 aliphatic rings. The van der Waals surface area contributed by atoms with Crippen LogP contribution >= 0.6 is 11.6 Å². The second kappa shape index (κ2) is 6.94. The molecule has 3 rings (SSSR count). The molecule has 112 valence electrons. The third-order valence-electron chi connectivity index (χ3n) is 3.97. The summed E-state index contributed by atoms with van der Waals surface area (Å²) in [5, 5.41) is 8.12. The van der Waals surface area contributed by atoms with Gasteiger partial charge in [0.05, 0.1) is 6.54 Å². The summed E-state index contributed by atoms with van der Waals surface area (Å²) in [7, 11) is 0. The predicted octanol–water partition coefficient (Wildman–Crippen LogP) is 4.77. The maximum Gasteiger partial charge on any atom is 0.245 e. The van der Waals surface area contributed by atoms with Crippen molar-refractivity contribution in [3.05, 3.63) is 41.0 Å². The van der Waals surface area contributed by atoms with E-state index in [2.05, 4.69) is 15.5 Å². The van der Waals surface area contributed by atoms with Gasteiger partial charge in [-0.25, -0.2) is 0 Å². The Morgan fingerprint density at radius 3 is 2.76 bits per heavy atom. The molecule has 1 aromatic heterocycles. The predicted molar refractivity (Wildman–Crippen MR) is 83.5 cm³/mol. The van der Waals surface area contributed by atoms with E-state index in [9.17, 15) is 0 Å². The first-order valence-electron chi connectivity index (χ1n) is 7.63. The number of nitrogens with one attached hydrogen (secondary N) is 1. The van der Waals surface area contributed by atoms with Crippen molar-refractivity contribution in [2.45, 2.75) is 51.0 Å². The van der Waals surface area contributed by atoms with Gasteiger partial charge in [0.15, 0.2) is 5.82 Å². The fraction of sp³-hybridized carbons (Fsp3) is 0.500. The summed E-state index contributed by atoms with van der Waals surface area (Å²) in [5.41, 5.74) is 0.955. The van der Waals surface area contributed by atoms with Crippen LogP contribution in [0.3, 0.4) is 0 Å². The van der Waals surface area contributed by atoms with Crippen molar-refractivity contribution in [2.75, 3.05) is 5.32 Å². The minimum Gasteiger partial charge on any atom is -0.376 e. The maximum absolute atomic E-state index is 5.96. The highest BCUT2D eigenvalue weighted by molar-refractivity contribution is 6.30. The lowest BCUT2D eigenvalue weighted by Gasteiger charge is -2.07. The van der Waals surface area contributed by atoms with Crippen molar-refractivity contribution in [3.63, 3.8) is 0 Å². The van der Waals surface area contributed by atoms with Crippen LogP contribution in [0.25, 0.3) is 0 Å². The number of rotatable bonds is 4. The minimum absolute atomic E-state index is 0.469. The van der Waals surface area contributed by atoms with Crippen molar-refractivity contribution in [3.8, 4) is 0 Å². The fourth-order valence-electron chi connectivity index (χ4n) is 2.82. The first-order valence-corrected chi connectivity index (χ1v) is 8.01. The van der Waals surface area contributed by atoms with Crippen molar-refractivity contribution in [1.29, 1.82) is 0 Å². The van der Waals surface area contributed by atoms with E-state index in [4.69, 9.17) is 16.1 Å². The van der Waals surface area contributed by atoms with Gasteiger partial charge in [-0.15, -0.1) is 0 Å². The van der Waals surface area contributed by atoms with Crippen molar-refractivity contribution >= 4 is 17.3 Å². The molecule has 0 bridgehead atoms. The van der Waals surface area contributed by atoms with Gasteiger partial charge in [0.1, 0.15) is 0 Å². The van der Waals surface area contributed by atoms with Crippen LogP contribution in [-0.2, 0) is 6.54 Å². The molecule has 4 nitrogen and oxygen atoms in total. The summed E-state index contributed by atoms with van der Waals surface area (Å²) in [6, 6.07) is 7.61. The van der Waals surface area contributed by atoms with Crippen molar-refractivity contribution < 1.29 is 4.52 Å². The lowest BCUT2D eigenvalue weighted by molar-refractivity contribution is 0.371. The first-order chi connectivity index (χ1) is 10.3. The summed E-state index contributed by atoms with van der Waals surface area (Å²) >= 11 is 5.96. The van der Waals surface area contributed by atoms with Crippen LogP contribution in [0.15, 0.2) is 28.8 Å². The molecular weight excluding hydrogens is 286 g/mol. The van der Waals surface area contributed by atoms with Gasteiger partial charge in [0.2, 0.25) is 5.89 Å². The van der Waals surface area contributed by atoms with Gasteiger partial charge in [-0.3, -0.25) is 0 Å². The van der Waals surface area contributed by atoms with Gasteiger partial charge < -0.3 is 9.84 Å². The third kappa shape index (κ3) is 3.97. The highest BCUT2D eigenvalue weighted by atomic mass is 35.5. The van der Waals surface area contributed by atoms with Crippen LogP contribution in [0.5, 0.6) is 0 Å². The van der Waals surface area contributed by atoms with Crippen LogP contribution in [0, 0.1) is 0 Å². The quantitative estimate of drug-likeness (QED) is 0.826. The Labute approximate surface area is 129 Å². The molecular formula is C16H20ClN3O. The number of benzene rings is 1. The molecule has 0 spiro atoms. The first kappa shape index (κ1) is 14.4. The molecule has 1 fully saturated rings. The van der Waals surface area contributed by atoms with Gasteiger partial charge in [-0.2, -0.15) is 4.98 Å². The normalized spacial score (nSPS) is 16.6. The molecule has 0 saturated heterocycles. The Bertz CT molecular complexity index is 576. The molecule has 0 radical (unpaired) electrons. The van der Waals surface area contributed by atoms with E-state index in [1.807, 2.05) is 24.3 Å². The summed E-state index contributed by atoms with van der Waals surface area (Å²) < 4.78 is 5.35. The van der Waals surface area contributed by atoms with E-state index in [-0.39, 0.29) is 0 Å². The monoisotopic (exact) mass is 305 g/mol. The highest BCUT2D eigenvalue weighted by Gasteiger charge is 2.19.